The summed E-state index contributed by atoms with van der Waals surface area (Å²) in [5.74, 6) is 0.933. The highest BCUT2D eigenvalue weighted by Crippen LogP contribution is 2.27. The average Bonchev–Trinajstić information content (AvgIpc) is 2.43. The number of amides is 1. The van der Waals surface area contributed by atoms with Gasteiger partial charge in [-0.3, -0.25) is 0 Å². The molecule has 22 heavy (non-hydrogen) atoms. The molecule has 1 aliphatic rings. The fourth-order valence-electron chi connectivity index (χ4n) is 3.20. The van der Waals surface area contributed by atoms with Gasteiger partial charge in [-0.05, 0) is 58.8 Å². The third-order valence-corrected chi connectivity index (χ3v) is 4.40. The van der Waals surface area contributed by atoms with Crippen LogP contribution in [-0.4, -0.2) is 30.3 Å². The lowest BCUT2D eigenvalue weighted by atomic mass is 9.83. The Hall–Kier alpha value is -0.770. The molecule has 1 rings (SSSR count). The van der Waals surface area contributed by atoms with Crippen molar-refractivity contribution < 1.29 is 9.53 Å². The van der Waals surface area contributed by atoms with Crippen LogP contribution in [0.5, 0.6) is 0 Å². The van der Waals surface area contributed by atoms with E-state index in [1.54, 1.807) is 0 Å². The average molecular weight is 312 g/mol. The number of alkyl carbamates (subject to hydrolysis) is 1. The first-order valence-corrected chi connectivity index (χ1v) is 9.07. The summed E-state index contributed by atoms with van der Waals surface area (Å²) in [5.41, 5.74) is -0.434. The molecule has 2 N–H and O–H groups in total. The van der Waals surface area contributed by atoms with E-state index in [1.807, 2.05) is 20.8 Å². The first-order chi connectivity index (χ1) is 10.3. The largest absolute Gasteiger partial charge is 0.444 e. The number of ether oxygens (including phenoxy) is 1. The molecule has 1 fully saturated rings. The summed E-state index contributed by atoms with van der Waals surface area (Å²) in [4.78, 5) is 11.7. The van der Waals surface area contributed by atoms with Crippen LogP contribution in [0.3, 0.4) is 0 Å². The van der Waals surface area contributed by atoms with E-state index in [0.717, 1.165) is 12.3 Å². The van der Waals surface area contributed by atoms with E-state index in [9.17, 15) is 4.79 Å². The van der Waals surface area contributed by atoms with Crippen LogP contribution in [0.25, 0.3) is 0 Å². The highest BCUT2D eigenvalue weighted by molar-refractivity contribution is 5.67. The molecule has 1 amide bonds. The molecule has 0 aliphatic heterocycles. The quantitative estimate of drug-likeness (QED) is 0.739. The Bertz CT molecular complexity index is 318. The lowest BCUT2D eigenvalue weighted by molar-refractivity contribution is 0.0520. The van der Waals surface area contributed by atoms with Crippen LogP contribution in [0, 0.1) is 5.92 Å². The van der Waals surface area contributed by atoms with Gasteiger partial charge < -0.3 is 15.4 Å². The minimum absolute atomic E-state index is 0.320. The third-order valence-electron chi connectivity index (χ3n) is 4.40. The van der Waals surface area contributed by atoms with Gasteiger partial charge in [0.1, 0.15) is 5.60 Å². The zero-order valence-electron chi connectivity index (χ0n) is 15.2. The highest BCUT2D eigenvalue weighted by Gasteiger charge is 2.23. The molecule has 1 saturated carbocycles. The van der Waals surface area contributed by atoms with Gasteiger partial charge in [0, 0.05) is 18.6 Å². The molecule has 0 spiro atoms. The zero-order valence-corrected chi connectivity index (χ0v) is 15.2. The van der Waals surface area contributed by atoms with Gasteiger partial charge in [-0.25, -0.2) is 4.79 Å². The van der Waals surface area contributed by atoms with Crippen LogP contribution in [0.1, 0.15) is 79.6 Å². The molecule has 130 valence electrons. The van der Waals surface area contributed by atoms with Crippen molar-refractivity contribution in [2.45, 2.75) is 97.2 Å². The molecule has 4 nitrogen and oxygen atoms in total. The van der Waals surface area contributed by atoms with Gasteiger partial charge in [-0.15, -0.1) is 0 Å². The maximum Gasteiger partial charge on any atom is 0.407 e. The second-order valence-electron chi connectivity index (χ2n) is 7.66. The molecule has 1 unspecified atom stereocenters. The van der Waals surface area contributed by atoms with E-state index < -0.39 is 5.60 Å². The lowest BCUT2D eigenvalue weighted by Crippen LogP contribution is -2.47. The molecular formula is C18H36N2O2. The summed E-state index contributed by atoms with van der Waals surface area (Å²) >= 11 is 0. The Labute approximate surface area is 136 Å². The highest BCUT2D eigenvalue weighted by atomic mass is 16.6. The van der Waals surface area contributed by atoms with E-state index in [0.29, 0.717) is 18.6 Å². The van der Waals surface area contributed by atoms with Gasteiger partial charge in [0.25, 0.3) is 0 Å². The molecular weight excluding hydrogens is 276 g/mol. The van der Waals surface area contributed by atoms with Gasteiger partial charge >= 0.3 is 6.09 Å². The van der Waals surface area contributed by atoms with Crippen molar-refractivity contribution in [1.29, 1.82) is 0 Å². The maximum atomic E-state index is 11.7. The Morgan fingerprint density at radius 1 is 1.18 bits per heavy atom. The molecule has 0 aromatic carbocycles. The molecule has 0 aromatic heterocycles. The maximum absolute atomic E-state index is 11.7. The van der Waals surface area contributed by atoms with Crippen molar-refractivity contribution in [1.82, 2.24) is 10.6 Å². The van der Waals surface area contributed by atoms with E-state index in [4.69, 9.17) is 4.74 Å². The van der Waals surface area contributed by atoms with Crippen LogP contribution in [0.4, 0.5) is 4.79 Å². The van der Waals surface area contributed by atoms with Gasteiger partial charge in [0.2, 0.25) is 0 Å². The molecule has 0 aromatic rings. The standard InChI is InChI=1S/C18H36N2O2/c1-6-8-14-9-11-16(12-10-14)20-15(7-2)13-19-17(21)22-18(3,4)5/h14-16,20H,6-13H2,1-5H3,(H,19,21). The van der Waals surface area contributed by atoms with Crippen molar-refractivity contribution in [3.8, 4) is 0 Å². The third kappa shape index (κ3) is 8.02. The Morgan fingerprint density at radius 2 is 1.82 bits per heavy atom. The van der Waals surface area contributed by atoms with E-state index in [-0.39, 0.29) is 6.09 Å². The van der Waals surface area contributed by atoms with E-state index in [2.05, 4.69) is 24.5 Å². The van der Waals surface area contributed by atoms with Gasteiger partial charge in [0.15, 0.2) is 0 Å². The smallest absolute Gasteiger partial charge is 0.407 e. The fourth-order valence-corrected chi connectivity index (χ4v) is 3.20. The zero-order chi connectivity index (χ0) is 16.6. The Balaban J connectivity index is 2.26. The van der Waals surface area contributed by atoms with E-state index in [1.165, 1.54) is 38.5 Å². The van der Waals surface area contributed by atoms with E-state index >= 15 is 0 Å². The number of nitrogens with one attached hydrogen (secondary N) is 2. The first kappa shape index (κ1) is 19.3. The van der Waals surface area contributed by atoms with Crippen LogP contribution in [0.15, 0.2) is 0 Å². The second-order valence-corrected chi connectivity index (χ2v) is 7.66. The molecule has 0 radical (unpaired) electrons. The summed E-state index contributed by atoms with van der Waals surface area (Å²) in [6.07, 6.45) is 8.62. The molecule has 0 bridgehead atoms. The minimum Gasteiger partial charge on any atom is -0.444 e. The Kier molecular flexibility index (Phi) is 8.23. The number of rotatable bonds is 7. The van der Waals surface area contributed by atoms with Crippen LogP contribution < -0.4 is 10.6 Å². The first-order valence-electron chi connectivity index (χ1n) is 9.07. The second kappa shape index (κ2) is 9.39. The SMILES string of the molecule is CCCC1CCC(NC(CC)CNC(=O)OC(C)(C)C)CC1. The lowest BCUT2D eigenvalue weighted by Gasteiger charge is -2.32. The van der Waals surface area contributed by atoms with Gasteiger partial charge in [0.05, 0.1) is 0 Å². The molecule has 0 heterocycles. The monoisotopic (exact) mass is 312 g/mol. The van der Waals surface area contributed by atoms with Crippen LogP contribution in [0.2, 0.25) is 0 Å². The summed E-state index contributed by atoms with van der Waals surface area (Å²) in [5, 5.41) is 6.60. The number of hydrogen-bond donors (Lipinski definition) is 2. The van der Waals surface area contributed by atoms with Crippen molar-refractivity contribution >= 4 is 6.09 Å². The number of hydrogen-bond acceptors (Lipinski definition) is 3. The predicted octanol–water partition coefficient (Wildman–Crippen LogP) is 4.24. The topological polar surface area (TPSA) is 50.4 Å². The van der Waals surface area contributed by atoms with Gasteiger partial charge in [-0.2, -0.15) is 0 Å². The fraction of sp³-hybridized carbons (Fsp3) is 0.944. The summed E-state index contributed by atoms with van der Waals surface area (Å²) in [6, 6.07) is 0.943. The van der Waals surface area contributed by atoms with Gasteiger partial charge in [-0.1, -0.05) is 26.7 Å². The van der Waals surface area contributed by atoms with Crippen molar-refractivity contribution in [2.24, 2.45) is 5.92 Å². The minimum atomic E-state index is -0.434. The van der Waals surface area contributed by atoms with Crippen molar-refractivity contribution in [2.75, 3.05) is 6.54 Å². The molecule has 1 aliphatic carbocycles. The normalized spacial score (nSPS) is 23.9. The summed E-state index contributed by atoms with van der Waals surface area (Å²) in [7, 11) is 0. The number of carbonyl (C=O) groups is 1. The van der Waals surface area contributed by atoms with Crippen molar-refractivity contribution in [3.63, 3.8) is 0 Å². The summed E-state index contributed by atoms with van der Waals surface area (Å²) < 4.78 is 5.29. The summed E-state index contributed by atoms with van der Waals surface area (Å²) in [6.45, 7) is 10.7. The molecule has 1 atom stereocenters. The Morgan fingerprint density at radius 3 is 2.32 bits per heavy atom. The van der Waals surface area contributed by atoms with Crippen molar-refractivity contribution in [3.05, 3.63) is 0 Å². The van der Waals surface area contributed by atoms with Crippen LogP contribution in [-0.2, 0) is 4.74 Å². The molecule has 4 heteroatoms. The predicted molar refractivity (Wildman–Crippen MR) is 92.1 cm³/mol. The molecule has 0 saturated heterocycles. The van der Waals surface area contributed by atoms with Crippen LogP contribution >= 0.6 is 0 Å². The number of carbonyl (C=O) groups excluding carboxylic acids is 1.